The van der Waals surface area contributed by atoms with E-state index in [2.05, 4.69) is 36.8 Å². The molecule has 3 aromatic rings. The van der Waals surface area contributed by atoms with Gasteiger partial charge in [-0.25, -0.2) is 4.98 Å². The normalized spacial score (nSPS) is 22.5. The van der Waals surface area contributed by atoms with Crippen LogP contribution in [0.5, 0.6) is 0 Å². The number of fused-ring (bicyclic) bond motifs is 3. The van der Waals surface area contributed by atoms with Crippen LogP contribution in [-0.2, 0) is 4.79 Å². The lowest BCUT2D eigenvalue weighted by Crippen LogP contribution is -2.58. The Bertz CT molecular complexity index is 1130. The van der Waals surface area contributed by atoms with E-state index in [-0.39, 0.29) is 11.9 Å². The highest BCUT2D eigenvalue weighted by molar-refractivity contribution is 5.91. The number of amides is 1. The second kappa shape index (κ2) is 8.97. The van der Waals surface area contributed by atoms with Crippen molar-refractivity contribution >= 4 is 34.3 Å². The zero-order chi connectivity index (χ0) is 22.9. The van der Waals surface area contributed by atoms with Crippen molar-refractivity contribution in [1.29, 1.82) is 0 Å². The van der Waals surface area contributed by atoms with Crippen LogP contribution >= 0.6 is 0 Å². The van der Waals surface area contributed by atoms with E-state index in [9.17, 15) is 4.79 Å². The first kappa shape index (κ1) is 21.6. The number of hydrogen-bond donors (Lipinski definition) is 3. The molecule has 5 heterocycles. The maximum Gasteiger partial charge on any atom is 0.237 e. The number of aryl methyl sites for hydroxylation is 1. The summed E-state index contributed by atoms with van der Waals surface area (Å²) >= 11 is 0. The van der Waals surface area contributed by atoms with Gasteiger partial charge in [0.1, 0.15) is 11.6 Å². The molecule has 9 heteroatoms. The monoisotopic (exact) mass is 448 g/mol. The minimum Gasteiger partial charge on any atom is -0.367 e. The number of aromatic amines is 1. The summed E-state index contributed by atoms with van der Waals surface area (Å²) < 4.78 is 0. The number of piperidine rings is 2. The van der Waals surface area contributed by atoms with Gasteiger partial charge in [0.15, 0.2) is 5.82 Å². The molecule has 174 valence electrons. The molecule has 2 aliphatic heterocycles. The minimum absolute atomic E-state index is 0.251. The predicted molar refractivity (Wildman–Crippen MR) is 130 cm³/mol. The highest BCUT2D eigenvalue weighted by atomic mass is 16.2. The van der Waals surface area contributed by atoms with Gasteiger partial charge in [-0.15, -0.1) is 0 Å². The number of pyridine rings is 2. The number of nitrogens with one attached hydrogen (secondary N) is 3. The van der Waals surface area contributed by atoms with E-state index >= 15 is 0 Å². The summed E-state index contributed by atoms with van der Waals surface area (Å²) in [6.07, 6.45) is 7.02. The van der Waals surface area contributed by atoms with Crippen LogP contribution in [0.15, 0.2) is 30.5 Å². The van der Waals surface area contributed by atoms with Crippen molar-refractivity contribution < 1.29 is 4.79 Å². The minimum atomic E-state index is 0.251. The molecule has 9 nitrogen and oxygen atoms in total. The molecule has 3 N–H and O–H groups in total. The molecule has 0 aliphatic carbocycles. The van der Waals surface area contributed by atoms with E-state index in [1.807, 2.05) is 44.1 Å². The molecular weight excluding hydrogens is 416 g/mol. The van der Waals surface area contributed by atoms with E-state index < -0.39 is 0 Å². The quantitative estimate of drug-likeness (QED) is 0.532. The topological polar surface area (TPSA) is 102 Å². The Balaban J connectivity index is 1.38. The molecule has 0 spiro atoms. The van der Waals surface area contributed by atoms with Crippen molar-refractivity contribution in [2.45, 2.75) is 57.2 Å². The molecule has 0 radical (unpaired) electrons. The van der Waals surface area contributed by atoms with Gasteiger partial charge in [-0.2, -0.15) is 5.10 Å². The van der Waals surface area contributed by atoms with Gasteiger partial charge < -0.3 is 20.4 Å². The Morgan fingerprint density at radius 2 is 2.00 bits per heavy atom. The summed E-state index contributed by atoms with van der Waals surface area (Å²) in [5, 5.41) is 15.2. The summed E-state index contributed by atoms with van der Waals surface area (Å²) in [6.45, 7) is 2.44. The van der Waals surface area contributed by atoms with Crippen LogP contribution in [0, 0.1) is 6.92 Å². The molecule has 2 saturated heterocycles. The smallest absolute Gasteiger partial charge is 0.237 e. The first-order chi connectivity index (χ1) is 16.0. The molecule has 0 saturated carbocycles. The van der Waals surface area contributed by atoms with Crippen LogP contribution in [0.4, 0.5) is 17.5 Å². The number of rotatable bonds is 6. The van der Waals surface area contributed by atoms with Crippen LogP contribution in [0.2, 0.25) is 0 Å². The number of carbonyl (C=O) groups excluding carboxylic acids is 1. The Hall–Kier alpha value is -3.20. The van der Waals surface area contributed by atoms with Crippen LogP contribution in [0.25, 0.3) is 10.9 Å². The number of nitrogens with zero attached hydrogens (tertiary/aromatic N) is 5. The maximum atomic E-state index is 12.9. The largest absolute Gasteiger partial charge is 0.367 e. The van der Waals surface area contributed by atoms with Gasteiger partial charge in [0.05, 0.1) is 12.1 Å². The van der Waals surface area contributed by atoms with E-state index in [4.69, 9.17) is 4.98 Å². The number of H-pyrrole nitrogens is 1. The van der Waals surface area contributed by atoms with Crippen molar-refractivity contribution in [1.82, 2.24) is 30.0 Å². The Morgan fingerprint density at radius 1 is 1.21 bits per heavy atom. The van der Waals surface area contributed by atoms with Gasteiger partial charge in [0.25, 0.3) is 0 Å². The van der Waals surface area contributed by atoms with E-state index in [1.165, 1.54) is 6.42 Å². The summed E-state index contributed by atoms with van der Waals surface area (Å²) in [4.78, 5) is 26.5. The molecule has 1 amide bonds. The van der Waals surface area contributed by atoms with Crippen molar-refractivity contribution in [3.05, 3.63) is 36.2 Å². The molecule has 2 bridgehead atoms. The summed E-state index contributed by atoms with van der Waals surface area (Å²) in [5.74, 6) is 2.50. The standard InChI is InChI=1S/C24H32N8O/c1-15-10-22(30-29-15)27-21-13-20-19(8-5-9-25-20)24(28-21)26-16-11-17-6-4-7-18(12-16)32(17)23(33)14-31(2)3/h5,8-10,13,16-18H,4,6-7,11-12,14H2,1-3H3,(H3,26,27,28,29,30). The molecule has 2 atom stereocenters. The second-order valence-corrected chi connectivity index (χ2v) is 9.58. The third-order valence-corrected chi connectivity index (χ3v) is 6.62. The molecule has 2 unspecified atom stereocenters. The number of hydrogen-bond acceptors (Lipinski definition) is 7. The number of carbonyl (C=O) groups is 1. The fourth-order valence-corrected chi connectivity index (χ4v) is 5.31. The lowest BCUT2D eigenvalue weighted by atomic mass is 9.81. The van der Waals surface area contributed by atoms with Crippen LogP contribution in [0.1, 0.15) is 37.8 Å². The summed E-state index contributed by atoms with van der Waals surface area (Å²) in [5.41, 5.74) is 1.86. The van der Waals surface area contributed by atoms with Crippen molar-refractivity contribution in [2.75, 3.05) is 31.3 Å². The van der Waals surface area contributed by atoms with E-state index in [0.29, 0.717) is 24.4 Å². The van der Waals surface area contributed by atoms with Crippen molar-refractivity contribution in [3.8, 4) is 0 Å². The lowest BCUT2D eigenvalue weighted by molar-refractivity contribution is -0.141. The molecule has 0 aromatic carbocycles. The SMILES string of the molecule is Cc1cc(Nc2cc3ncccc3c(NC3CC4CCCC(C3)N4C(=O)CN(C)C)n2)n[nH]1. The number of aromatic nitrogens is 4. The van der Waals surface area contributed by atoms with Crippen LogP contribution < -0.4 is 10.6 Å². The lowest BCUT2D eigenvalue weighted by Gasteiger charge is -2.49. The third kappa shape index (κ3) is 4.64. The van der Waals surface area contributed by atoms with Gasteiger partial charge in [-0.3, -0.25) is 14.9 Å². The molecule has 3 aromatic heterocycles. The van der Waals surface area contributed by atoms with Crippen molar-refractivity contribution in [2.24, 2.45) is 0 Å². The Morgan fingerprint density at radius 3 is 2.70 bits per heavy atom. The second-order valence-electron chi connectivity index (χ2n) is 9.58. The fourth-order valence-electron chi connectivity index (χ4n) is 5.31. The van der Waals surface area contributed by atoms with Gasteiger partial charge in [-0.05, 0) is 65.3 Å². The van der Waals surface area contributed by atoms with Gasteiger partial charge in [-0.1, -0.05) is 0 Å². The van der Waals surface area contributed by atoms with Crippen molar-refractivity contribution in [3.63, 3.8) is 0 Å². The van der Waals surface area contributed by atoms with Crippen LogP contribution in [0.3, 0.4) is 0 Å². The molecule has 5 rings (SSSR count). The summed E-state index contributed by atoms with van der Waals surface area (Å²) in [6, 6.07) is 8.73. The van der Waals surface area contributed by atoms with Gasteiger partial charge in [0, 0.05) is 47.5 Å². The Labute approximate surface area is 194 Å². The first-order valence-electron chi connectivity index (χ1n) is 11.7. The zero-order valence-corrected chi connectivity index (χ0v) is 19.5. The number of likely N-dealkylation sites (N-methyl/N-ethyl adjacent to an activating group) is 1. The molecule has 33 heavy (non-hydrogen) atoms. The fraction of sp³-hybridized carbons (Fsp3) is 0.500. The molecule has 2 aliphatic rings. The molecular formula is C24H32N8O. The summed E-state index contributed by atoms with van der Waals surface area (Å²) in [7, 11) is 3.91. The van der Waals surface area contributed by atoms with Gasteiger partial charge >= 0.3 is 0 Å². The zero-order valence-electron chi connectivity index (χ0n) is 19.5. The van der Waals surface area contributed by atoms with E-state index in [1.54, 1.807) is 6.20 Å². The average Bonchev–Trinajstić information content (AvgIpc) is 3.17. The molecule has 2 fully saturated rings. The maximum absolute atomic E-state index is 12.9. The predicted octanol–water partition coefficient (Wildman–Crippen LogP) is 3.29. The number of anilines is 3. The van der Waals surface area contributed by atoms with Crippen LogP contribution in [-0.4, -0.2) is 74.6 Å². The Kier molecular flexibility index (Phi) is 5.88. The average molecular weight is 449 g/mol. The van der Waals surface area contributed by atoms with Gasteiger partial charge in [0.2, 0.25) is 5.91 Å². The highest BCUT2D eigenvalue weighted by Crippen LogP contribution is 2.36. The first-order valence-corrected chi connectivity index (χ1v) is 11.7. The highest BCUT2D eigenvalue weighted by Gasteiger charge is 2.40. The van der Waals surface area contributed by atoms with E-state index in [0.717, 1.165) is 53.9 Å². The third-order valence-electron chi connectivity index (χ3n) is 6.62.